The molecule has 1 fully saturated rings. The van der Waals surface area contributed by atoms with E-state index in [4.69, 9.17) is 16.9 Å². The fourth-order valence-electron chi connectivity index (χ4n) is 3.78. The molecule has 0 bridgehead atoms. The van der Waals surface area contributed by atoms with Crippen molar-refractivity contribution < 1.29 is 4.79 Å². The fourth-order valence-corrected chi connectivity index (χ4v) is 3.78. The van der Waals surface area contributed by atoms with Crippen molar-refractivity contribution in [2.75, 3.05) is 5.32 Å². The van der Waals surface area contributed by atoms with Crippen molar-refractivity contribution in [2.24, 2.45) is 24.4 Å². The topological polar surface area (TPSA) is 161 Å². The van der Waals surface area contributed by atoms with Gasteiger partial charge in [-0.05, 0) is 25.0 Å². The maximum atomic E-state index is 11.9. The van der Waals surface area contributed by atoms with Crippen LogP contribution in [0.4, 0.5) is 11.5 Å². The highest BCUT2D eigenvalue weighted by Gasteiger charge is 2.29. The molecule has 10 nitrogen and oxygen atoms in total. The van der Waals surface area contributed by atoms with Gasteiger partial charge in [0.15, 0.2) is 17.3 Å². The molecular weight excluding hydrogens is 370 g/mol. The van der Waals surface area contributed by atoms with Crippen molar-refractivity contribution in [1.82, 2.24) is 25.0 Å². The SMILES string of the molecule is Cn1cc2c(Nc3nc(C(=N)C4CCCCC4N)nnc3C(N)=O)cccc2n1. The molecule has 6 N–H and O–H groups in total. The van der Waals surface area contributed by atoms with Gasteiger partial charge in [-0.1, -0.05) is 18.9 Å². The number of nitrogens with zero attached hydrogens (tertiary/aromatic N) is 5. The summed E-state index contributed by atoms with van der Waals surface area (Å²) in [6.07, 6.45) is 5.63. The molecular formula is C19H23N9O. The average molecular weight is 393 g/mol. The predicted octanol–water partition coefficient (Wildman–Crippen LogP) is 1.49. The fraction of sp³-hybridized carbons (Fsp3) is 0.368. The number of nitrogens with two attached hydrogens (primary N) is 2. The largest absolute Gasteiger partial charge is 0.364 e. The quantitative estimate of drug-likeness (QED) is 0.477. The molecule has 3 aromatic rings. The molecule has 0 aliphatic heterocycles. The molecule has 1 saturated carbocycles. The number of fused-ring (bicyclic) bond motifs is 1. The van der Waals surface area contributed by atoms with Gasteiger partial charge in [0.1, 0.15) is 0 Å². The first-order valence-corrected chi connectivity index (χ1v) is 9.52. The third kappa shape index (κ3) is 3.66. The number of primary amides is 1. The number of carbonyl (C=O) groups is 1. The van der Waals surface area contributed by atoms with E-state index in [2.05, 4.69) is 25.6 Å². The van der Waals surface area contributed by atoms with E-state index in [0.717, 1.165) is 36.6 Å². The summed E-state index contributed by atoms with van der Waals surface area (Å²) in [5.41, 5.74) is 13.3. The van der Waals surface area contributed by atoms with Crippen molar-refractivity contribution in [3.8, 4) is 0 Å². The predicted molar refractivity (Wildman–Crippen MR) is 109 cm³/mol. The Labute approximate surface area is 167 Å². The Morgan fingerprint density at radius 1 is 1.28 bits per heavy atom. The lowest BCUT2D eigenvalue weighted by Crippen LogP contribution is -2.39. The molecule has 2 aromatic heterocycles. The Morgan fingerprint density at radius 3 is 2.83 bits per heavy atom. The van der Waals surface area contributed by atoms with Gasteiger partial charge >= 0.3 is 0 Å². The summed E-state index contributed by atoms with van der Waals surface area (Å²) in [4.78, 5) is 16.3. The molecule has 4 rings (SSSR count). The van der Waals surface area contributed by atoms with E-state index in [9.17, 15) is 4.79 Å². The van der Waals surface area contributed by atoms with Gasteiger partial charge in [-0.25, -0.2) is 4.98 Å². The van der Waals surface area contributed by atoms with E-state index in [-0.39, 0.29) is 35.0 Å². The smallest absolute Gasteiger partial charge is 0.273 e. The van der Waals surface area contributed by atoms with Crippen LogP contribution >= 0.6 is 0 Å². The molecule has 29 heavy (non-hydrogen) atoms. The van der Waals surface area contributed by atoms with Crippen LogP contribution in [0.1, 0.15) is 42.0 Å². The average Bonchev–Trinajstić information content (AvgIpc) is 3.09. The number of carbonyl (C=O) groups excluding carboxylic acids is 1. The first-order valence-electron chi connectivity index (χ1n) is 9.52. The van der Waals surface area contributed by atoms with Gasteiger partial charge < -0.3 is 22.2 Å². The lowest BCUT2D eigenvalue weighted by Gasteiger charge is -2.28. The molecule has 0 spiro atoms. The molecule has 1 aliphatic carbocycles. The molecule has 2 unspecified atom stereocenters. The van der Waals surface area contributed by atoms with Crippen molar-refractivity contribution in [2.45, 2.75) is 31.7 Å². The summed E-state index contributed by atoms with van der Waals surface area (Å²) in [6, 6.07) is 5.48. The number of benzene rings is 1. The Hall–Kier alpha value is -3.40. The monoisotopic (exact) mass is 393 g/mol. The number of hydrogen-bond acceptors (Lipinski definition) is 8. The van der Waals surface area contributed by atoms with Gasteiger partial charge in [0.2, 0.25) is 0 Å². The van der Waals surface area contributed by atoms with E-state index in [1.807, 2.05) is 31.4 Å². The van der Waals surface area contributed by atoms with Crippen LogP contribution in [0.15, 0.2) is 24.4 Å². The molecule has 1 amide bonds. The zero-order chi connectivity index (χ0) is 20.5. The summed E-state index contributed by atoms with van der Waals surface area (Å²) in [6.45, 7) is 0. The summed E-state index contributed by atoms with van der Waals surface area (Å²) in [5.74, 6) is -0.566. The van der Waals surface area contributed by atoms with Crippen LogP contribution in [0.3, 0.4) is 0 Å². The molecule has 2 atom stereocenters. The third-order valence-corrected chi connectivity index (χ3v) is 5.27. The Balaban J connectivity index is 1.72. The summed E-state index contributed by atoms with van der Waals surface area (Å²) < 4.78 is 1.70. The van der Waals surface area contributed by atoms with E-state index in [1.54, 1.807) is 4.68 Å². The molecule has 0 saturated heterocycles. The van der Waals surface area contributed by atoms with E-state index in [0.29, 0.717) is 5.69 Å². The lowest BCUT2D eigenvalue weighted by molar-refractivity contribution is 0.0995. The van der Waals surface area contributed by atoms with Gasteiger partial charge in [-0.15, -0.1) is 10.2 Å². The van der Waals surface area contributed by atoms with Gasteiger partial charge in [0.25, 0.3) is 5.91 Å². The minimum absolute atomic E-state index is 0.0876. The molecule has 10 heteroatoms. The van der Waals surface area contributed by atoms with Crippen molar-refractivity contribution in [3.05, 3.63) is 35.9 Å². The van der Waals surface area contributed by atoms with Crippen LogP contribution in [0.5, 0.6) is 0 Å². The van der Waals surface area contributed by atoms with Crippen molar-refractivity contribution >= 4 is 34.0 Å². The Bertz CT molecular complexity index is 1090. The molecule has 0 radical (unpaired) electrons. The number of amides is 1. The number of hydrogen-bond donors (Lipinski definition) is 4. The summed E-state index contributed by atoms with van der Waals surface area (Å²) in [5, 5.41) is 24.8. The summed E-state index contributed by atoms with van der Waals surface area (Å²) >= 11 is 0. The van der Waals surface area contributed by atoms with E-state index in [1.165, 1.54) is 0 Å². The maximum absolute atomic E-state index is 11.9. The van der Waals surface area contributed by atoms with Gasteiger partial charge in [-0.2, -0.15) is 5.10 Å². The number of rotatable bonds is 5. The van der Waals surface area contributed by atoms with Crippen molar-refractivity contribution in [3.63, 3.8) is 0 Å². The van der Waals surface area contributed by atoms with Crippen LogP contribution in [-0.4, -0.2) is 42.6 Å². The maximum Gasteiger partial charge on any atom is 0.273 e. The van der Waals surface area contributed by atoms with E-state index >= 15 is 0 Å². The van der Waals surface area contributed by atoms with Gasteiger partial charge in [-0.3, -0.25) is 9.48 Å². The minimum Gasteiger partial charge on any atom is -0.364 e. The zero-order valence-corrected chi connectivity index (χ0v) is 16.1. The Morgan fingerprint density at radius 2 is 2.07 bits per heavy atom. The van der Waals surface area contributed by atoms with Crippen LogP contribution < -0.4 is 16.8 Å². The number of aromatic nitrogens is 5. The lowest BCUT2D eigenvalue weighted by atomic mass is 9.81. The number of nitrogens with one attached hydrogen (secondary N) is 2. The first-order chi connectivity index (χ1) is 13.9. The highest BCUT2D eigenvalue weighted by molar-refractivity contribution is 6.01. The Kier molecular flexibility index (Phi) is 4.93. The first kappa shape index (κ1) is 18.9. The molecule has 1 aromatic carbocycles. The molecule has 150 valence electrons. The van der Waals surface area contributed by atoms with E-state index < -0.39 is 5.91 Å². The standard InChI is InChI=1S/C19H23N9O/c1-28-9-11-13(7-4-8-14(11)27-28)23-19-16(17(22)29)25-26-18(24-19)15(21)10-5-2-3-6-12(10)20/h4,7-10,12,21H,2-3,5-6,20H2,1H3,(H2,22,29)(H,23,24,26). The highest BCUT2D eigenvalue weighted by atomic mass is 16.1. The van der Waals surface area contributed by atoms with Gasteiger partial charge in [0.05, 0.1) is 16.9 Å². The van der Waals surface area contributed by atoms with Crippen LogP contribution in [0.25, 0.3) is 10.9 Å². The number of aryl methyl sites for hydroxylation is 1. The normalized spacial score (nSPS) is 19.2. The van der Waals surface area contributed by atoms with Gasteiger partial charge in [0, 0.05) is 30.6 Å². The van der Waals surface area contributed by atoms with Crippen LogP contribution in [0.2, 0.25) is 0 Å². The zero-order valence-electron chi connectivity index (χ0n) is 16.1. The number of anilines is 2. The third-order valence-electron chi connectivity index (χ3n) is 5.27. The van der Waals surface area contributed by atoms with Crippen LogP contribution in [0, 0.1) is 11.3 Å². The molecule has 1 aliphatic rings. The second kappa shape index (κ2) is 7.55. The highest BCUT2D eigenvalue weighted by Crippen LogP contribution is 2.28. The second-order valence-electron chi connectivity index (χ2n) is 7.33. The molecule has 2 heterocycles. The second-order valence-corrected chi connectivity index (χ2v) is 7.33. The summed E-state index contributed by atoms with van der Waals surface area (Å²) in [7, 11) is 1.83. The minimum atomic E-state index is -0.752. The van der Waals surface area contributed by atoms with Crippen LogP contribution in [-0.2, 0) is 7.05 Å². The van der Waals surface area contributed by atoms with Crippen molar-refractivity contribution in [1.29, 1.82) is 5.41 Å².